The summed E-state index contributed by atoms with van der Waals surface area (Å²) in [7, 11) is 0. The van der Waals surface area contributed by atoms with Gasteiger partial charge in [-0.25, -0.2) is 4.79 Å². The molecule has 0 radical (unpaired) electrons. The van der Waals surface area contributed by atoms with E-state index >= 15 is 0 Å². The molecule has 1 fully saturated rings. The van der Waals surface area contributed by atoms with E-state index in [-0.39, 0.29) is 5.97 Å². The molecule has 0 bridgehead atoms. The van der Waals surface area contributed by atoms with E-state index < -0.39 is 0 Å². The van der Waals surface area contributed by atoms with Gasteiger partial charge in [-0.1, -0.05) is 56.9 Å². The Bertz CT molecular complexity index is 472. The van der Waals surface area contributed by atoms with Gasteiger partial charge in [0.2, 0.25) is 0 Å². The zero-order valence-corrected chi connectivity index (χ0v) is 15.2. The molecule has 2 heteroatoms. The smallest absolute Gasteiger partial charge is 0.343 e. The molecule has 1 aliphatic rings. The van der Waals surface area contributed by atoms with E-state index in [2.05, 4.69) is 13.0 Å². The highest BCUT2D eigenvalue weighted by Crippen LogP contribution is 2.31. The molecule has 1 aliphatic carbocycles. The Kier molecular flexibility index (Phi) is 9.35. The van der Waals surface area contributed by atoms with Crippen molar-refractivity contribution in [1.29, 1.82) is 0 Å². The van der Waals surface area contributed by atoms with Crippen molar-refractivity contribution in [1.82, 2.24) is 0 Å². The molecule has 0 aromatic carbocycles. The molecular weight excluding hydrogens is 284 g/mol. The van der Waals surface area contributed by atoms with Crippen LogP contribution < -0.4 is 0 Å². The van der Waals surface area contributed by atoms with Crippen LogP contribution in [-0.4, -0.2) is 5.97 Å². The van der Waals surface area contributed by atoms with Crippen LogP contribution in [0.2, 0.25) is 0 Å². The highest BCUT2D eigenvalue weighted by molar-refractivity contribution is 5.92. The van der Waals surface area contributed by atoms with Crippen molar-refractivity contribution in [2.45, 2.75) is 66.2 Å². The lowest BCUT2D eigenvalue weighted by Gasteiger charge is -2.25. The first-order chi connectivity index (χ1) is 11.1. The van der Waals surface area contributed by atoms with Crippen LogP contribution in [0, 0.1) is 11.8 Å². The van der Waals surface area contributed by atoms with Gasteiger partial charge in [0.15, 0.2) is 0 Å². The maximum Gasteiger partial charge on any atom is 0.343 e. The van der Waals surface area contributed by atoms with Gasteiger partial charge in [0, 0.05) is 0 Å². The summed E-state index contributed by atoms with van der Waals surface area (Å²) in [6.45, 7) is 8.03. The summed E-state index contributed by atoms with van der Waals surface area (Å²) in [5.41, 5.74) is 0.587. The van der Waals surface area contributed by atoms with Crippen molar-refractivity contribution in [3.05, 3.63) is 47.8 Å². The summed E-state index contributed by atoms with van der Waals surface area (Å²) in [4.78, 5) is 12.1. The van der Waals surface area contributed by atoms with Gasteiger partial charge in [-0.3, -0.25) is 0 Å². The average molecular weight is 316 g/mol. The van der Waals surface area contributed by atoms with Gasteiger partial charge in [-0.2, -0.15) is 0 Å². The Morgan fingerprint density at radius 2 is 1.70 bits per heavy atom. The minimum atomic E-state index is -0.290. The van der Waals surface area contributed by atoms with Crippen molar-refractivity contribution in [2.24, 2.45) is 11.8 Å². The van der Waals surface area contributed by atoms with Gasteiger partial charge in [0.05, 0.1) is 5.57 Å². The van der Waals surface area contributed by atoms with E-state index in [0.29, 0.717) is 11.3 Å². The van der Waals surface area contributed by atoms with Crippen molar-refractivity contribution in [3.8, 4) is 0 Å². The predicted octanol–water partition coefficient (Wildman–Crippen LogP) is 6.12. The zero-order valence-electron chi connectivity index (χ0n) is 15.2. The van der Waals surface area contributed by atoms with Crippen LogP contribution in [0.1, 0.15) is 66.2 Å². The molecule has 23 heavy (non-hydrogen) atoms. The SMILES string of the molecule is C/C=C\C(=C/CCC1CCC(C)CC1)OC(=O)C(/C=C\C)=C/C. The molecule has 0 aromatic heterocycles. The molecular formula is C21H32O2. The largest absolute Gasteiger partial charge is 0.423 e. The number of esters is 1. The molecule has 0 heterocycles. The van der Waals surface area contributed by atoms with Crippen molar-refractivity contribution in [3.63, 3.8) is 0 Å². The summed E-state index contributed by atoms with van der Waals surface area (Å²) in [6, 6.07) is 0. The van der Waals surface area contributed by atoms with Gasteiger partial charge < -0.3 is 4.74 Å². The molecule has 0 N–H and O–H groups in total. The molecule has 0 atom stereocenters. The van der Waals surface area contributed by atoms with E-state index in [1.165, 1.54) is 32.1 Å². The summed E-state index contributed by atoms with van der Waals surface area (Å²) in [6.07, 6.45) is 18.8. The normalized spacial score (nSPS) is 23.7. The maximum atomic E-state index is 12.1. The third-order valence-electron chi connectivity index (χ3n) is 4.49. The van der Waals surface area contributed by atoms with E-state index in [9.17, 15) is 4.79 Å². The summed E-state index contributed by atoms with van der Waals surface area (Å²) < 4.78 is 5.52. The first-order valence-corrected chi connectivity index (χ1v) is 8.94. The number of carbonyl (C=O) groups excluding carboxylic acids is 1. The number of carbonyl (C=O) groups is 1. The summed E-state index contributed by atoms with van der Waals surface area (Å²) in [5.74, 6) is 2.10. The van der Waals surface area contributed by atoms with Gasteiger partial charge in [-0.15, -0.1) is 0 Å². The molecule has 2 nitrogen and oxygen atoms in total. The van der Waals surface area contributed by atoms with Crippen molar-refractivity contribution >= 4 is 5.97 Å². The monoisotopic (exact) mass is 316 g/mol. The van der Waals surface area contributed by atoms with Crippen LogP contribution in [0.15, 0.2) is 47.8 Å². The summed E-state index contributed by atoms with van der Waals surface area (Å²) in [5, 5.41) is 0. The fourth-order valence-corrected chi connectivity index (χ4v) is 3.01. The second-order valence-electron chi connectivity index (χ2n) is 6.44. The van der Waals surface area contributed by atoms with Gasteiger partial charge in [0.25, 0.3) is 0 Å². The first kappa shape index (κ1) is 19.5. The number of allylic oxidation sites excluding steroid dienone is 5. The lowest BCUT2D eigenvalue weighted by Crippen LogP contribution is -2.12. The Morgan fingerprint density at radius 3 is 2.26 bits per heavy atom. The van der Waals surface area contributed by atoms with Crippen LogP contribution in [0.4, 0.5) is 0 Å². The molecule has 0 aliphatic heterocycles. The van der Waals surface area contributed by atoms with E-state index in [4.69, 9.17) is 4.74 Å². The van der Waals surface area contributed by atoms with E-state index in [0.717, 1.165) is 18.3 Å². The lowest BCUT2D eigenvalue weighted by atomic mass is 9.81. The zero-order chi connectivity index (χ0) is 17.1. The van der Waals surface area contributed by atoms with Gasteiger partial charge in [-0.05, 0) is 57.6 Å². The highest BCUT2D eigenvalue weighted by atomic mass is 16.5. The van der Waals surface area contributed by atoms with Crippen LogP contribution in [0.25, 0.3) is 0 Å². The minimum absolute atomic E-state index is 0.290. The second kappa shape index (κ2) is 11.0. The van der Waals surface area contributed by atoms with Gasteiger partial charge in [0.1, 0.15) is 5.76 Å². The quantitative estimate of drug-likeness (QED) is 0.245. The van der Waals surface area contributed by atoms with Crippen molar-refractivity contribution < 1.29 is 9.53 Å². The van der Waals surface area contributed by atoms with Crippen LogP contribution >= 0.6 is 0 Å². The van der Waals surface area contributed by atoms with Gasteiger partial charge >= 0.3 is 5.97 Å². The first-order valence-electron chi connectivity index (χ1n) is 8.94. The molecule has 128 valence electrons. The third-order valence-corrected chi connectivity index (χ3v) is 4.49. The molecule has 1 rings (SSSR count). The van der Waals surface area contributed by atoms with Crippen LogP contribution in [0.5, 0.6) is 0 Å². The molecule has 0 unspecified atom stereocenters. The standard InChI is InChI=1S/C21H32O2/c1-5-9-19(7-3)21(22)23-20(10-6-2)12-8-11-18-15-13-17(4)14-16-18/h5-7,9-10,12,17-18H,8,11,13-16H2,1-4H3/b9-5-,10-6-,19-7+,20-12+. The minimum Gasteiger partial charge on any atom is -0.423 e. The van der Waals surface area contributed by atoms with Crippen LogP contribution in [0.3, 0.4) is 0 Å². The number of ether oxygens (including phenoxy) is 1. The topological polar surface area (TPSA) is 26.3 Å². The molecule has 1 saturated carbocycles. The molecule has 0 spiro atoms. The Morgan fingerprint density at radius 1 is 1.04 bits per heavy atom. The highest BCUT2D eigenvalue weighted by Gasteiger charge is 2.17. The van der Waals surface area contributed by atoms with E-state index in [1.54, 1.807) is 12.2 Å². The van der Waals surface area contributed by atoms with Crippen LogP contribution in [-0.2, 0) is 9.53 Å². The fourth-order valence-electron chi connectivity index (χ4n) is 3.01. The molecule has 0 saturated heterocycles. The van der Waals surface area contributed by atoms with Crippen molar-refractivity contribution in [2.75, 3.05) is 0 Å². The second-order valence-corrected chi connectivity index (χ2v) is 6.44. The predicted molar refractivity (Wildman–Crippen MR) is 97.9 cm³/mol. The Labute approximate surface area is 142 Å². The Balaban J connectivity index is 2.55. The number of hydrogen-bond acceptors (Lipinski definition) is 2. The number of rotatable bonds is 7. The lowest BCUT2D eigenvalue weighted by molar-refractivity contribution is -0.134. The Hall–Kier alpha value is -1.57. The number of hydrogen-bond donors (Lipinski definition) is 0. The molecule has 0 aromatic rings. The summed E-state index contributed by atoms with van der Waals surface area (Å²) >= 11 is 0. The maximum absolute atomic E-state index is 12.1. The van der Waals surface area contributed by atoms with E-state index in [1.807, 2.05) is 39.0 Å². The fraction of sp³-hybridized carbons (Fsp3) is 0.571. The average Bonchev–Trinajstić information content (AvgIpc) is 2.54. The third kappa shape index (κ3) is 7.49. The molecule has 0 amide bonds.